The van der Waals surface area contributed by atoms with Crippen molar-refractivity contribution in [2.75, 3.05) is 31.1 Å². The monoisotopic (exact) mass is 470 g/mol. The Morgan fingerprint density at radius 1 is 1.24 bits per heavy atom. The lowest BCUT2D eigenvalue weighted by Crippen LogP contribution is -2.39. The molecule has 7 nitrogen and oxygen atoms in total. The first-order chi connectivity index (χ1) is 16.0. The number of carbonyl (C=O) groups excluding carboxylic acids is 2. The smallest absolute Gasteiger partial charge is 0.263 e. The molecule has 2 aromatic rings. The van der Waals surface area contributed by atoms with E-state index < -0.39 is 0 Å². The fraction of sp³-hybridized carbons (Fsp3) is 0.480. The van der Waals surface area contributed by atoms with Gasteiger partial charge >= 0.3 is 0 Å². The molecule has 1 aromatic carbocycles. The summed E-state index contributed by atoms with van der Waals surface area (Å²) in [5, 5.41) is 3.53. The normalized spacial score (nSPS) is 18.2. The Morgan fingerprint density at radius 3 is 2.97 bits per heavy atom. The largest absolute Gasteiger partial charge is 0.436 e. The van der Waals surface area contributed by atoms with Crippen molar-refractivity contribution >= 4 is 29.1 Å². The van der Waals surface area contributed by atoms with Crippen molar-refractivity contribution in [1.82, 2.24) is 15.2 Å². The predicted molar refractivity (Wildman–Crippen MR) is 129 cm³/mol. The van der Waals surface area contributed by atoms with E-state index in [1.54, 1.807) is 41.4 Å². The van der Waals surface area contributed by atoms with Crippen LogP contribution in [0, 0.1) is 0 Å². The number of hydrogen-bond donors (Lipinski definition) is 1. The summed E-state index contributed by atoms with van der Waals surface area (Å²) in [7, 11) is 0. The molecule has 0 saturated carbocycles. The first-order valence-electron chi connectivity index (χ1n) is 11.8. The molecule has 2 amide bonds. The van der Waals surface area contributed by atoms with E-state index in [0.717, 1.165) is 19.5 Å². The zero-order valence-corrected chi connectivity index (χ0v) is 19.8. The van der Waals surface area contributed by atoms with Gasteiger partial charge in [0.15, 0.2) is 5.75 Å². The SMILES string of the molecule is C[C@H]1CCCCN1CCCNC(=O)CCCN1C(=O)c2cccnc2Oc2ccc(Cl)cc21. The summed E-state index contributed by atoms with van der Waals surface area (Å²) in [4.78, 5) is 33.9. The molecule has 0 aliphatic carbocycles. The predicted octanol–water partition coefficient (Wildman–Crippen LogP) is 4.65. The molecule has 8 heteroatoms. The third-order valence-electron chi connectivity index (χ3n) is 6.34. The van der Waals surface area contributed by atoms with Gasteiger partial charge in [-0.05, 0) is 69.5 Å². The van der Waals surface area contributed by atoms with Crippen molar-refractivity contribution in [1.29, 1.82) is 0 Å². The van der Waals surface area contributed by atoms with Crippen LogP contribution in [0.5, 0.6) is 11.6 Å². The average Bonchev–Trinajstić information content (AvgIpc) is 2.92. The van der Waals surface area contributed by atoms with E-state index in [1.807, 2.05) is 0 Å². The van der Waals surface area contributed by atoms with Crippen LogP contribution < -0.4 is 15.0 Å². The van der Waals surface area contributed by atoms with Crippen LogP contribution >= 0.6 is 11.6 Å². The summed E-state index contributed by atoms with van der Waals surface area (Å²) in [5.41, 5.74) is 0.975. The van der Waals surface area contributed by atoms with Crippen LogP contribution in [0.4, 0.5) is 5.69 Å². The van der Waals surface area contributed by atoms with Crippen molar-refractivity contribution in [3.63, 3.8) is 0 Å². The number of likely N-dealkylation sites (tertiary alicyclic amines) is 1. The quantitative estimate of drug-likeness (QED) is 0.568. The van der Waals surface area contributed by atoms with Gasteiger partial charge in [-0.25, -0.2) is 4.98 Å². The van der Waals surface area contributed by atoms with Gasteiger partial charge in [0.2, 0.25) is 11.8 Å². The van der Waals surface area contributed by atoms with Gasteiger partial charge < -0.3 is 19.9 Å². The zero-order valence-electron chi connectivity index (χ0n) is 19.1. The first kappa shape index (κ1) is 23.5. The number of pyridine rings is 1. The van der Waals surface area contributed by atoms with Gasteiger partial charge in [0.1, 0.15) is 5.56 Å². The molecule has 1 saturated heterocycles. The molecule has 1 N–H and O–H groups in total. The van der Waals surface area contributed by atoms with Gasteiger partial charge in [-0.1, -0.05) is 18.0 Å². The Labute approximate surface area is 200 Å². The molecule has 33 heavy (non-hydrogen) atoms. The lowest BCUT2D eigenvalue weighted by molar-refractivity contribution is -0.121. The molecule has 3 heterocycles. The molecule has 1 atom stereocenters. The van der Waals surface area contributed by atoms with Crippen molar-refractivity contribution in [2.24, 2.45) is 0 Å². The summed E-state index contributed by atoms with van der Waals surface area (Å²) in [6.45, 7) is 5.52. The second-order valence-electron chi connectivity index (χ2n) is 8.71. The van der Waals surface area contributed by atoms with Crippen LogP contribution in [0.1, 0.15) is 55.8 Å². The highest BCUT2D eigenvalue weighted by molar-refractivity contribution is 6.31. The maximum atomic E-state index is 13.2. The molecule has 1 fully saturated rings. The Kier molecular flexibility index (Phi) is 7.83. The highest BCUT2D eigenvalue weighted by Crippen LogP contribution is 2.39. The number of piperidine rings is 1. The zero-order chi connectivity index (χ0) is 23.2. The number of benzene rings is 1. The fourth-order valence-corrected chi connectivity index (χ4v) is 4.66. The molecule has 1 aromatic heterocycles. The number of halogens is 1. The third kappa shape index (κ3) is 5.84. The molecular formula is C25H31ClN4O3. The van der Waals surface area contributed by atoms with Crippen LogP contribution in [-0.2, 0) is 4.79 Å². The number of carbonyl (C=O) groups is 2. The molecule has 2 aliphatic rings. The van der Waals surface area contributed by atoms with Gasteiger partial charge in [-0.3, -0.25) is 9.59 Å². The average molecular weight is 471 g/mol. The molecule has 0 bridgehead atoms. The van der Waals surface area contributed by atoms with Gasteiger partial charge in [-0.2, -0.15) is 0 Å². The van der Waals surface area contributed by atoms with Crippen molar-refractivity contribution < 1.29 is 14.3 Å². The van der Waals surface area contributed by atoms with E-state index in [9.17, 15) is 9.59 Å². The Hall–Kier alpha value is -2.64. The van der Waals surface area contributed by atoms with Crippen molar-refractivity contribution in [2.45, 2.75) is 51.5 Å². The Morgan fingerprint density at radius 2 is 2.12 bits per heavy atom. The van der Waals surface area contributed by atoms with Crippen LogP contribution in [0.3, 0.4) is 0 Å². The lowest BCUT2D eigenvalue weighted by Gasteiger charge is -2.33. The molecule has 4 rings (SSSR count). The van der Waals surface area contributed by atoms with Crippen LogP contribution in [0.2, 0.25) is 5.02 Å². The van der Waals surface area contributed by atoms with Crippen LogP contribution in [0.25, 0.3) is 0 Å². The number of nitrogens with one attached hydrogen (secondary N) is 1. The summed E-state index contributed by atoms with van der Waals surface area (Å²) in [5.74, 6) is 0.583. The molecular weight excluding hydrogens is 440 g/mol. The minimum atomic E-state index is -0.213. The summed E-state index contributed by atoms with van der Waals surface area (Å²) in [6, 6.07) is 9.20. The fourth-order valence-electron chi connectivity index (χ4n) is 4.49. The number of hydrogen-bond acceptors (Lipinski definition) is 5. The Bertz CT molecular complexity index is 999. The van der Waals surface area contributed by atoms with E-state index in [4.69, 9.17) is 16.3 Å². The van der Waals surface area contributed by atoms with Gasteiger partial charge in [0, 0.05) is 43.3 Å². The standard InChI is InChI=1S/C25H31ClN4O3/c1-18-7-2-3-14-29(18)15-6-13-27-23(31)9-5-16-30-21-17-19(26)10-11-22(21)33-24-20(25(30)32)8-4-12-28-24/h4,8,10-12,17-18H,2-3,5-7,9,13-16H2,1H3,(H,27,31)/t18-/m0/s1. The summed E-state index contributed by atoms with van der Waals surface area (Å²) >= 11 is 6.20. The van der Waals surface area contributed by atoms with E-state index in [2.05, 4.69) is 22.1 Å². The van der Waals surface area contributed by atoms with E-state index in [1.165, 1.54) is 19.3 Å². The number of amides is 2. The number of aromatic nitrogens is 1. The van der Waals surface area contributed by atoms with Crippen LogP contribution in [0.15, 0.2) is 36.5 Å². The van der Waals surface area contributed by atoms with Gasteiger partial charge in [0.25, 0.3) is 5.91 Å². The van der Waals surface area contributed by atoms with E-state index >= 15 is 0 Å². The highest BCUT2D eigenvalue weighted by atomic mass is 35.5. The molecule has 2 aliphatic heterocycles. The van der Waals surface area contributed by atoms with Gasteiger partial charge in [0.05, 0.1) is 5.69 Å². The first-order valence-corrected chi connectivity index (χ1v) is 12.2. The molecule has 176 valence electrons. The minimum Gasteiger partial charge on any atom is -0.436 e. The lowest BCUT2D eigenvalue weighted by atomic mass is 10.0. The molecule has 0 unspecified atom stereocenters. The second-order valence-corrected chi connectivity index (χ2v) is 9.15. The van der Waals surface area contributed by atoms with E-state index in [0.29, 0.717) is 54.0 Å². The number of nitrogens with zero attached hydrogens (tertiary/aromatic N) is 3. The number of anilines is 1. The van der Waals surface area contributed by atoms with Gasteiger partial charge in [-0.15, -0.1) is 0 Å². The maximum Gasteiger partial charge on any atom is 0.263 e. The minimum absolute atomic E-state index is 0.00796. The van der Waals surface area contributed by atoms with Crippen LogP contribution in [-0.4, -0.2) is 53.9 Å². The highest BCUT2D eigenvalue weighted by Gasteiger charge is 2.29. The maximum absolute atomic E-state index is 13.2. The van der Waals surface area contributed by atoms with Crippen molar-refractivity contribution in [3.05, 3.63) is 47.1 Å². The van der Waals surface area contributed by atoms with Crippen molar-refractivity contribution in [3.8, 4) is 11.6 Å². The summed E-state index contributed by atoms with van der Waals surface area (Å²) < 4.78 is 5.89. The number of ether oxygens (including phenoxy) is 1. The number of fused-ring (bicyclic) bond motifs is 2. The molecule has 0 radical (unpaired) electrons. The molecule has 0 spiro atoms. The third-order valence-corrected chi connectivity index (χ3v) is 6.57. The number of rotatable bonds is 8. The Balaban J connectivity index is 1.30. The van der Waals surface area contributed by atoms with E-state index in [-0.39, 0.29) is 17.7 Å². The summed E-state index contributed by atoms with van der Waals surface area (Å²) in [6.07, 6.45) is 7.27. The topological polar surface area (TPSA) is 74.8 Å². The second kappa shape index (κ2) is 11.0.